The van der Waals surface area contributed by atoms with Gasteiger partial charge in [-0.1, -0.05) is 30.3 Å². The lowest BCUT2D eigenvalue weighted by Crippen LogP contribution is -2.23. The molecule has 0 aliphatic heterocycles. The number of hydrogen-bond donors (Lipinski definition) is 1. The van der Waals surface area contributed by atoms with Gasteiger partial charge in [0.15, 0.2) is 0 Å². The summed E-state index contributed by atoms with van der Waals surface area (Å²) in [6, 6.07) is 9.93. The molecule has 108 valence electrons. The third kappa shape index (κ3) is 3.04. The van der Waals surface area contributed by atoms with Crippen molar-refractivity contribution in [2.45, 2.75) is 18.6 Å². The lowest BCUT2D eigenvalue weighted by Gasteiger charge is -2.21. The third-order valence-electron chi connectivity index (χ3n) is 3.30. The van der Waals surface area contributed by atoms with E-state index in [-0.39, 0.29) is 0 Å². The van der Waals surface area contributed by atoms with Gasteiger partial charge in [0.2, 0.25) is 0 Å². The maximum absolute atomic E-state index is 12.7. The summed E-state index contributed by atoms with van der Waals surface area (Å²) >= 11 is 0. The van der Waals surface area contributed by atoms with Gasteiger partial charge in [0, 0.05) is 11.4 Å². The van der Waals surface area contributed by atoms with Crippen LogP contribution in [0, 0.1) is 0 Å². The molecule has 0 bridgehead atoms. The van der Waals surface area contributed by atoms with Crippen molar-refractivity contribution in [1.82, 2.24) is 5.32 Å². The van der Waals surface area contributed by atoms with E-state index in [4.69, 9.17) is 4.74 Å². The van der Waals surface area contributed by atoms with Gasteiger partial charge in [0.25, 0.3) is 0 Å². The standard InChI is InChI=1S/C15H16F3NO/c1-19-13(9-15(16,17)18)11-7-8-14(20-2)12-6-4-3-5-10(11)12/h3-8,13,19H,9H2,1-2H3. The fraction of sp³-hybridized carbons (Fsp3) is 0.333. The summed E-state index contributed by atoms with van der Waals surface area (Å²) < 4.78 is 43.2. The molecule has 5 heteroatoms. The van der Waals surface area contributed by atoms with Crippen LogP contribution in [0.4, 0.5) is 13.2 Å². The van der Waals surface area contributed by atoms with Gasteiger partial charge in [-0.25, -0.2) is 0 Å². The van der Waals surface area contributed by atoms with E-state index in [1.165, 1.54) is 7.05 Å². The van der Waals surface area contributed by atoms with Crippen molar-refractivity contribution >= 4 is 10.8 Å². The van der Waals surface area contributed by atoms with E-state index in [9.17, 15) is 13.2 Å². The molecule has 2 aromatic rings. The topological polar surface area (TPSA) is 21.3 Å². The van der Waals surface area contributed by atoms with Gasteiger partial charge in [-0.2, -0.15) is 13.2 Å². The molecule has 1 N–H and O–H groups in total. The zero-order valence-electron chi connectivity index (χ0n) is 11.3. The minimum atomic E-state index is -4.21. The van der Waals surface area contributed by atoms with E-state index < -0.39 is 18.6 Å². The summed E-state index contributed by atoms with van der Waals surface area (Å²) in [6.07, 6.45) is -5.12. The van der Waals surface area contributed by atoms with E-state index in [2.05, 4.69) is 5.32 Å². The molecule has 0 fully saturated rings. The fourth-order valence-corrected chi connectivity index (χ4v) is 2.38. The number of rotatable bonds is 4. The first-order chi connectivity index (χ1) is 9.46. The average Bonchev–Trinajstić information content (AvgIpc) is 2.42. The predicted molar refractivity (Wildman–Crippen MR) is 73.0 cm³/mol. The first-order valence-corrected chi connectivity index (χ1v) is 6.26. The molecule has 0 aliphatic carbocycles. The predicted octanol–water partition coefficient (Wildman–Crippen LogP) is 4.06. The van der Waals surface area contributed by atoms with Crippen molar-refractivity contribution in [2.75, 3.05) is 14.2 Å². The van der Waals surface area contributed by atoms with Crippen molar-refractivity contribution in [3.05, 3.63) is 42.0 Å². The Hall–Kier alpha value is -1.75. The molecular weight excluding hydrogens is 267 g/mol. The molecule has 0 radical (unpaired) electrons. The van der Waals surface area contributed by atoms with Gasteiger partial charge in [-0.05, 0) is 24.1 Å². The number of ether oxygens (including phenoxy) is 1. The van der Waals surface area contributed by atoms with Crippen molar-refractivity contribution in [1.29, 1.82) is 0 Å². The summed E-state index contributed by atoms with van der Waals surface area (Å²) in [4.78, 5) is 0. The lowest BCUT2D eigenvalue weighted by molar-refractivity contribution is -0.140. The molecule has 2 aromatic carbocycles. The van der Waals surface area contributed by atoms with E-state index in [0.29, 0.717) is 11.3 Å². The quantitative estimate of drug-likeness (QED) is 0.913. The van der Waals surface area contributed by atoms with Gasteiger partial charge in [-0.3, -0.25) is 0 Å². The summed E-state index contributed by atoms with van der Waals surface area (Å²) in [6.45, 7) is 0. The van der Waals surface area contributed by atoms with Gasteiger partial charge >= 0.3 is 6.18 Å². The molecule has 0 aromatic heterocycles. The monoisotopic (exact) mass is 283 g/mol. The Morgan fingerprint density at radius 1 is 1.10 bits per heavy atom. The normalized spacial score (nSPS) is 13.4. The second-order valence-corrected chi connectivity index (χ2v) is 4.56. The molecule has 2 nitrogen and oxygen atoms in total. The number of methoxy groups -OCH3 is 1. The van der Waals surface area contributed by atoms with Crippen LogP contribution in [-0.4, -0.2) is 20.3 Å². The minimum absolute atomic E-state index is 0.626. The lowest BCUT2D eigenvalue weighted by atomic mass is 9.96. The molecule has 0 saturated heterocycles. The second-order valence-electron chi connectivity index (χ2n) is 4.56. The van der Waals surface area contributed by atoms with E-state index in [0.717, 1.165) is 10.8 Å². The van der Waals surface area contributed by atoms with Crippen molar-refractivity contribution in [2.24, 2.45) is 0 Å². The average molecular weight is 283 g/mol. The largest absolute Gasteiger partial charge is 0.496 e. The SMILES string of the molecule is CNC(CC(F)(F)F)c1ccc(OC)c2ccccc12. The van der Waals surface area contributed by atoms with Crippen LogP contribution in [0.15, 0.2) is 36.4 Å². The van der Waals surface area contributed by atoms with E-state index in [1.54, 1.807) is 19.2 Å². The highest BCUT2D eigenvalue weighted by molar-refractivity contribution is 5.91. The van der Waals surface area contributed by atoms with Crippen LogP contribution in [-0.2, 0) is 0 Å². The van der Waals surface area contributed by atoms with Crippen LogP contribution in [0.25, 0.3) is 10.8 Å². The number of nitrogens with one attached hydrogen (secondary N) is 1. The molecule has 0 amide bonds. The molecular formula is C15H16F3NO. The first-order valence-electron chi connectivity index (χ1n) is 6.26. The van der Waals surface area contributed by atoms with Gasteiger partial charge < -0.3 is 10.1 Å². The Balaban J connectivity index is 2.53. The van der Waals surface area contributed by atoms with E-state index in [1.807, 2.05) is 24.3 Å². The molecule has 0 aliphatic rings. The summed E-state index contributed by atoms with van der Waals surface area (Å²) in [5, 5.41) is 4.33. The highest BCUT2D eigenvalue weighted by Crippen LogP contribution is 2.35. The zero-order chi connectivity index (χ0) is 14.8. The van der Waals surface area contributed by atoms with Crippen LogP contribution in [0.5, 0.6) is 5.75 Å². The van der Waals surface area contributed by atoms with Gasteiger partial charge in [0.1, 0.15) is 5.75 Å². The van der Waals surface area contributed by atoms with Gasteiger partial charge in [-0.15, -0.1) is 0 Å². The molecule has 0 saturated carbocycles. The van der Waals surface area contributed by atoms with Crippen molar-refractivity contribution < 1.29 is 17.9 Å². The van der Waals surface area contributed by atoms with E-state index >= 15 is 0 Å². The molecule has 0 spiro atoms. The molecule has 1 atom stereocenters. The number of hydrogen-bond acceptors (Lipinski definition) is 2. The maximum atomic E-state index is 12.7. The summed E-state index contributed by atoms with van der Waals surface area (Å²) in [5.41, 5.74) is 0.626. The van der Waals surface area contributed by atoms with Gasteiger partial charge in [0.05, 0.1) is 13.5 Å². The first kappa shape index (κ1) is 14.7. The van der Waals surface area contributed by atoms with Crippen molar-refractivity contribution in [3.8, 4) is 5.75 Å². The van der Waals surface area contributed by atoms with Crippen LogP contribution in [0.3, 0.4) is 0 Å². The Morgan fingerprint density at radius 3 is 2.30 bits per heavy atom. The minimum Gasteiger partial charge on any atom is -0.496 e. The number of halogens is 3. The van der Waals surface area contributed by atoms with Crippen LogP contribution >= 0.6 is 0 Å². The Bertz CT molecular complexity index is 595. The Kier molecular flexibility index (Phi) is 4.18. The number of benzene rings is 2. The molecule has 20 heavy (non-hydrogen) atoms. The summed E-state index contributed by atoms with van der Waals surface area (Å²) in [5.74, 6) is 0.659. The highest BCUT2D eigenvalue weighted by Gasteiger charge is 2.32. The molecule has 2 rings (SSSR count). The van der Waals surface area contributed by atoms with Crippen molar-refractivity contribution in [3.63, 3.8) is 0 Å². The molecule has 0 heterocycles. The number of fused-ring (bicyclic) bond motifs is 1. The maximum Gasteiger partial charge on any atom is 0.390 e. The fourth-order valence-electron chi connectivity index (χ4n) is 2.38. The third-order valence-corrected chi connectivity index (χ3v) is 3.30. The Morgan fingerprint density at radius 2 is 1.75 bits per heavy atom. The van der Waals surface area contributed by atoms with Crippen LogP contribution < -0.4 is 10.1 Å². The zero-order valence-corrected chi connectivity index (χ0v) is 11.3. The highest BCUT2D eigenvalue weighted by atomic mass is 19.4. The Labute approximate surface area is 115 Å². The second kappa shape index (κ2) is 5.71. The van der Waals surface area contributed by atoms with Crippen LogP contribution in [0.1, 0.15) is 18.0 Å². The smallest absolute Gasteiger partial charge is 0.390 e. The summed E-state index contributed by atoms with van der Waals surface area (Å²) in [7, 11) is 3.09. The van der Waals surface area contributed by atoms with Crippen LogP contribution in [0.2, 0.25) is 0 Å². The number of alkyl halides is 3. The molecule has 1 unspecified atom stereocenters.